The van der Waals surface area contributed by atoms with Gasteiger partial charge in [0.1, 0.15) is 5.70 Å². The number of rotatable bonds is 3. The summed E-state index contributed by atoms with van der Waals surface area (Å²) in [5.74, 6) is -0.595. The molecule has 0 atom stereocenters. The van der Waals surface area contributed by atoms with Crippen LogP contribution < -0.4 is 9.80 Å². The summed E-state index contributed by atoms with van der Waals surface area (Å²) in [7, 11) is 0. The minimum Gasteiger partial charge on any atom is -0.336 e. The van der Waals surface area contributed by atoms with Crippen LogP contribution in [0.4, 0.5) is 11.4 Å². The number of carbonyl (C=O) groups is 2. The van der Waals surface area contributed by atoms with Gasteiger partial charge in [-0.25, -0.2) is 4.90 Å². The van der Waals surface area contributed by atoms with Crippen LogP contribution >= 0.6 is 11.6 Å². The highest BCUT2D eigenvalue weighted by Gasteiger charge is 2.44. The van der Waals surface area contributed by atoms with Crippen LogP contribution in [0, 0.1) is 20.8 Å². The molecule has 5 heteroatoms. The van der Waals surface area contributed by atoms with Crippen LogP contribution in [0.25, 0.3) is 5.57 Å². The number of hydrogen-bond acceptors (Lipinski definition) is 3. The molecule has 3 aromatic carbocycles. The highest BCUT2D eigenvalue weighted by molar-refractivity contribution is 6.46. The Labute approximate surface area is 199 Å². The number of carbonyl (C=O) groups excluding carboxylic acids is 2. The number of nitrogens with zero attached hydrogens (tertiary/aromatic N) is 2. The Hall–Kier alpha value is -3.37. The van der Waals surface area contributed by atoms with Gasteiger partial charge < -0.3 is 4.90 Å². The molecular weight excluding hydrogens is 432 g/mol. The van der Waals surface area contributed by atoms with E-state index in [2.05, 4.69) is 6.07 Å². The predicted molar refractivity (Wildman–Crippen MR) is 134 cm³/mol. The molecule has 0 spiro atoms. The Balaban J connectivity index is 1.72. The number of hydrogen-bond donors (Lipinski definition) is 0. The summed E-state index contributed by atoms with van der Waals surface area (Å²) in [5.41, 5.74) is 7.43. The summed E-state index contributed by atoms with van der Waals surface area (Å²) in [6.45, 7) is 6.62. The number of imide groups is 1. The Morgan fingerprint density at radius 1 is 0.788 bits per heavy atom. The highest BCUT2D eigenvalue weighted by atomic mass is 35.5. The fourth-order valence-electron chi connectivity index (χ4n) is 4.78. The van der Waals surface area contributed by atoms with Crippen molar-refractivity contribution in [2.24, 2.45) is 0 Å². The molecule has 3 aromatic rings. The Morgan fingerprint density at radius 3 is 2.33 bits per heavy atom. The number of aryl methyl sites for hydroxylation is 4. The van der Waals surface area contributed by atoms with Gasteiger partial charge in [0.05, 0.1) is 11.3 Å². The van der Waals surface area contributed by atoms with Crippen molar-refractivity contribution in [1.82, 2.24) is 0 Å². The summed E-state index contributed by atoms with van der Waals surface area (Å²) in [6, 6.07) is 19.3. The van der Waals surface area contributed by atoms with Crippen molar-refractivity contribution in [3.63, 3.8) is 0 Å². The van der Waals surface area contributed by atoms with Gasteiger partial charge in [-0.05, 0) is 85.7 Å². The molecule has 0 aromatic heterocycles. The van der Waals surface area contributed by atoms with E-state index in [-0.39, 0.29) is 11.8 Å². The largest absolute Gasteiger partial charge is 0.336 e. The normalized spacial score (nSPS) is 16.0. The van der Waals surface area contributed by atoms with Gasteiger partial charge >= 0.3 is 0 Å². The van der Waals surface area contributed by atoms with Crippen molar-refractivity contribution in [1.29, 1.82) is 0 Å². The molecule has 0 saturated carbocycles. The van der Waals surface area contributed by atoms with E-state index in [0.29, 0.717) is 28.5 Å². The number of fused-ring (bicyclic) bond motifs is 1. The lowest BCUT2D eigenvalue weighted by Crippen LogP contribution is -2.37. The summed E-state index contributed by atoms with van der Waals surface area (Å²) in [4.78, 5) is 31.2. The molecule has 2 aliphatic heterocycles. The van der Waals surface area contributed by atoms with E-state index in [4.69, 9.17) is 11.6 Å². The van der Waals surface area contributed by atoms with Crippen LogP contribution in [0.15, 0.2) is 66.4 Å². The van der Waals surface area contributed by atoms with Crippen molar-refractivity contribution in [3.05, 3.63) is 99.2 Å². The van der Waals surface area contributed by atoms with E-state index in [1.54, 1.807) is 18.2 Å². The number of benzene rings is 3. The molecule has 0 saturated heterocycles. The molecule has 0 radical (unpaired) electrons. The van der Waals surface area contributed by atoms with E-state index < -0.39 is 0 Å². The number of halogens is 1. The Kier molecular flexibility index (Phi) is 5.34. The van der Waals surface area contributed by atoms with Crippen molar-refractivity contribution < 1.29 is 9.59 Å². The molecule has 0 bridgehead atoms. The van der Waals surface area contributed by atoms with Crippen LogP contribution in [0.5, 0.6) is 0 Å². The van der Waals surface area contributed by atoms with Gasteiger partial charge in [-0.3, -0.25) is 9.59 Å². The summed E-state index contributed by atoms with van der Waals surface area (Å²) >= 11 is 6.15. The first kappa shape index (κ1) is 21.5. The molecule has 2 amide bonds. The maximum Gasteiger partial charge on any atom is 0.282 e. The topological polar surface area (TPSA) is 40.6 Å². The van der Waals surface area contributed by atoms with Crippen molar-refractivity contribution in [3.8, 4) is 0 Å². The van der Waals surface area contributed by atoms with Crippen molar-refractivity contribution in [2.75, 3.05) is 16.3 Å². The molecule has 2 aliphatic rings. The smallest absolute Gasteiger partial charge is 0.282 e. The van der Waals surface area contributed by atoms with E-state index in [1.165, 1.54) is 10.5 Å². The zero-order valence-electron chi connectivity index (χ0n) is 19.0. The van der Waals surface area contributed by atoms with Gasteiger partial charge in [-0.15, -0.1) is 0 Å². The van der Waals surface area contributed by atoms with Crippen LogP contribution in [-0.4, -0.2) is 18.4 Å². The number of amides is 2. The van der Waals surface area contributed by atoms with Crippen LogP contribution in [-0.2, 0) is 16.0 Å². The molecule has 5 rings (SSSR count). The highest BCUT2D eigenvalue weighted by Crippen LogP contribution is 2.40. The maximum absolute atomic E-state index is 14.0. The molecule has 0 N–H and O–H groups in total. The molecule has 0 fully saturated rings. The Bertz CT molecular complexity index is 1340. The second kappa shape index (κ2) is 8.20. The molecule has 0 aliphatic carbocycles. The molecular formula is C28H25ClN2O2. The monoisotopic (exact) mass is 456 g/mol. The zero-order chi connectivity index (χ0) is 23.3. The summed E-state index contributed by atoms with van der Waals surface area (Å²) in [5, 5.41) is 0.572. The van der Waals surface area contributed by atoms with Crippen LogP contribution in [0.1, 0.15) is 34.2 Å². The average Bonchev–Trinajstić information content (AvgIpc) is 3.05. The third-order valence-corrected chi connectivity index (χ3v) is 6.87. The summed E-state index contributed by atoms with van der Waals surface area (Å²) < 4.78 is 0. The van der Waals surface area contributed by atoms with E-state index in [0.717, 1.165) is 40.8 Å². The first-order valence-corrected chi connectivity index (χ1v) is 11.6. The fraction of sp³-hybridized carbons (Fsp3) is 0.214. The minimum absolute atomic E-state index is 0.296. The lowest BCUT2D eigenvalue weighted by atomic mass is 9.97. The maximum atomic E-state index is 14.0. The van der Waals surface area contributed by atoms with Gasteiger partial charge in [0, 0.05) is 17.3 Å². The molecule has 0 unspecified atom stereocenters. The van der Waals surface area contributed by atoms with Gasteiger partial charge in [0.25, 0.3) is 11.8 Å². The second-order valence-corrected chi connectivity index (χ2v) is 9.22. The first-order chi connectivity index (χ1) is 15.9. The quantitative estimate of drug-likeness (QED) is 0.453. The SMILES string of the molecule is Cc1ccc(C2=C(N3CCCc4ccccc43)C(=O)N(c3ccc(Cl)cc3C)C2=O)cc1C. The van der Waals surface area contributed by atoms with Gasteiger partial charge in [-0.1, -0.05) is 48.0 Å². The standard InChI is InChI=1S/C28H25ClN2O2/c1-17-10-11-21(15-18(17)2)25-26(30-14-6-8-20-7-4-5-9-24(20)30)28(33)31(27(25)32)23-13-12-22(29)16-19(23)3/h4-5,7,9-13,15-16H,6,8,14H2,1-3H3. The van der Waals surface area contributed by atoms with Gasteiger partial charge in [0.15, 0.2) is 0 Å². The third kappa shape index (κ3) is 3.55. The first-order valence-electron chi connectivity index (χ1n) is 11.2. The molecule has 4 nitrogen and oxygen atoms in total. The number of para-hydroxylation sites is 1. The average molecular weight is 457 g/mol. The molecule has 166 valence electrons. The van der Waals surface area contributed by atoms with Crippen molar-refractivity contribution in [2.45, 2.75) is 33.6 Å². The lowest BCUT2D eigenvalue weighted by molar-refractivity contribution is -0.120. The minimum atomic E-state index is -0.299. The van der Waals surface area contributed by atoms with E-state index in [1.807, 2.05) is 62.1 Å². The van der Waals surface area contributed by atoms with Gasteiger partial charge in [0.2, 0.25) is 0 Å². The lowest BCUT2D eigenvalue weighted by Gasteiger charge is -2.32. The van der Waals surface area contributed by atoms with Gasteiger partial charge in [-0.2, -0.15) is 0 Å². The predicted octanol–water partition coefficient (Wildman–Crippen LogP) is 6.00. The fourth-order valence-corrected chi connectivity index (χ4v) is 5.01. The van der Waals surface area contributed by atoms with Crippen LogP contribution in [0.2, 0.25) is 5.02 Å². The Morgan fingerprint density at radius 2 is 1.58 bits per heavy atom. The van der Waals surface area contributed by atoms with E-state index in [9.17, 15) is 9.59 Å². The summed E-state index contributed by atoms with van der Waals surface area (Å²) in [6.07, 6.45) is 1.88. The zero-order valence-corrected chi connectivity index (χ0v) is 19.7. The van der Waals surface area contributed by atoms with E-state index >= 15 is 0 Å². The second-order valence-electron chi connectivity index (χ2n) is 8.78. The number of anilines is 2. The van der Waals surface area contributed by atoms with Crippen LogP contribution in [0.3, 0.4) is 0 Å². The van der Waals surface area contributed by atoms with Crippen molar-refractivity contribution >= 4 is 40.4 Å². The molecule has 33 heavy (non-hydrogen) atoms. The molecule has 2 heterocycles. The third-order valence-electron chi connectivity index (χ3n) is 6.63.